The summed E-state index contributed by atoms with van der Waals surface area (Å²) in [6.07, 6.45) is 10.2. The second-order valence-corrected chi connectivity index (χ2v) is 11.4. The maximum atomic E-state index is 13.3. The SMILES string of the molecule is C[C@H]1C2CCCN2CCN1CC(=O)NC12CC3CC(C1)CC(c1ccccc1)(C3)C2. The molecule has 3 unspecified atom stereocenters. The molecule has 162 valence electrons. The molecule has 4 atom stereocenters. The summed E-state index contributed by atoms with van der Waals surface area (Å²) in [6.45, 7) is 6.35. The monoisotopic (exact) mass is 407 g/mol. The van der Waals surface area contributed by atoms with Gasteiger partial charge in [-0.25, -0.2) is 0 Å². The van der Waals surface area contributed by atoms with Crippen LogP contribution in [0.4, 0.5) is 0 Å². The third-order valence-corrected chi connectivity index (χ3v) is 9.42. The molecular formula is C26H37N3O. The molecule has 1 N–H and O–H groups in total. The minimum Gasteiger partial charge on any atom is -0.350 e. The van der Waals surface area contributed by atoms with Crippen molar-refractivity contribution in [1.82, 2.24) is 15.1 Å². The van der Waals surface area contributed by atoms with E-state index in [0.29, 0.717) is 24.0 Å². The van der Waals surface area contributed by atoms with Crippen LogP contribution >= 0.6 is 0 Å². The Kier molecular flexibility index (Phi) is 4.55. The van der Waals surface area contributed by atoms with Gasteiger partial charge in [0.1, 0.15) is 0 Å². The quantitative estimate of drug-likeness (QED) is 0.829. The van der Waals surface area contributed by atoms with Crippen LogP contribution in [0.3, 0.4) is 0 Å². The summed E-state index contributed by atoms with van der Waals surface area (Å²) in [7, 11) is 0. The molecular weight excluding hydrogens is 370 g/mol. The first-order valence-corrected chi connectivity index (χ1v) is 12.4. The van der Waals surface area contributed by atoms with E-state index in [1.165, 1.54) is 57.1 Å². The molecule has 1 amide bonds. The lowest BCUT2D eigenvalue weighted by molar-refractivity contribution is -0.130. The van der Waals surface area contributed by atoms with Crippen LogP contribution < -0.4 is 5.32 Å². The van der Waals surface area contributed by atoms with E-state index in [-0.39, 0.29) is 11.4 Å². The second kappa shape index (κ2) is 7.06. The first kappa shape index (κ1) is 19.3. The third kappa shape index (κ3) is 3.14. The van der Waals surface area contributed by atoms with Crippen molar-refractivity contribution < 1.29 is 4.79 Å². The summed E-state index contributed by atoms with van der Waals surface area (Å²) >= 11 is 0. The van der Waals surface area contributed by atoms with Crippen LogP contribution in [0.15, 0.2) is 30.3 Å². The van der Waals surface area contributed by atoms with Crippen LogP contribution in [-0.4, -0.2) is 59.5 Å². The van der Waals surface area contributed by atoms with Gasteiger partial charge in [-0.15, -0.1) is 0 Å². The lowest BCUT2D eigenvalue weighted by atomic mass is 9.45. The van der Waals surface area contributed by atoms with Gasteiger partial charge in [-0.3, -0.25) is 14.6 Å². The van der Waals surface area contributed by atoms with E-state index in [4.69, 9.17) is 0 Å². The Hall–Kier alpha value is -1.39. The van der Waals surface area contributed by atoms with Gasteiger partial charge >= 0.3 is 0 Å². The molecule has 0 radical (unpaired) electrons. The number of amides is 1. The molecule has 0 spiro atoms. The molecule has 7 rings (SSSR count). The van der Waals surface area contributed by atoms with E-state index < -0.39 is 0 Å². The van der Waals surface area contributed by atoms with Crippen LogP contribution in [0.1, 0.15) is 63.9 Å². The summed E-state index contributed by atoms with van der Waals surface area (Å²) in [6, 6.07) is 12.4. The Bertz CT molecular complexity index is 794. The highest BCUT2D eigenvalue weighted by atomic mass is 16.2. The van der Waals surface area contributed by atoms with Gasteiger partial charge in [-0.05, 0) is 87.6 Å². The maximum Gasteiger partial charge on any atom is 0.234 e. The van der Waals surface area contributed by atoms with Crippen molar-refractivity contribution >= 4 is 5.91 Å². The highest BCUT2D eigenvalue weighted by molar-refractivity contribution is 5.79. The zero-order valence-electron chi connectivity index (χ0n) is 18.5. The minimum atomic E-state index is 0.0371. The Morgan fingerprint density at radius 2 is 1.83 bits per heavy atom. The van der Waals surface area contributed by atoms with Gasteiger partial charge in [0.2, 0.25) is 5.91 Å². The number of hydrogen-bond donors (Lipinski definition) is 1. The average molecular weight is 408 g/mol. The van der Waals surface area contributed by atoms with Crippen molar-refractivity contribution in [1.29, 1.82) is 0 Å². The predicted molar refractivity (Wildman–Crippen MR) is 119 cm³/mol. The zero-order chi connectivity index (χ0) is 20.3. The third-order valence-electron chi connectivity index (χ3n) is 9.42. The van der Waals surface area contributed by atoms with E-state index in [0.717, 1.165) is 31.3 Å². The first-order chi connectivity index (χ1) is 14.5. The summed E-state index contributed by atoms with van der Waals surface area (Å²) in [5, 5.41) is 3.65. The molecule has 1 aromatic carbocycles. The number of nitrogens with one attached hydrogen (secondary N) is 1. The smallest absolute Gasteiger partial charge is 0.234 e. The van der Waals surface area contributed by atoms with Crippen molar-refractivity contribution in [2.75, 3.05) is 26.2 Å². The van der Waals surface area contributed by atoms with Crippen LogP contribution in [0.2, 0.25) is 0 Å². The van der Waals surface area contributed by atoms with Crippen LogP contribution in [0.25, 0.3) is 0 Å². The second-order valence-electron chi connectivity index (χ2n) is 11.4. The summed E-state index contributed by atoms with van der Waals surface area (Å²) in [5.41, 5.74) is 1.85. The van der Waals surface area contributed by atoms with Gasteiger partial charge in [0.05, 0.1) is 6.54 Å². The molecule has 6 fully saturated rings. The minimum absolute atomic E-state index is 0.0371. The summed E-state index contributed by atoms with van der Waals surface area (Å²) < 4.78 is 0. The van der Waals surface area contributed by atoms with Crippen molar-refractivity contribution in [2.45, 2.75) is 81.3 Å². The zero-order valence-corrected chi connectivity index (χ0v) is 18.5. The number of rotatable bonds is 4. The molecule has 2 saturated heterocycles. The topological polar surface area (TPSA) is 35.6 Å². The van der Waals surface area contributed by atoms with E-state index in [1.807, 2.05) is 0 Å². The predicted octanol–water partition coefficient (Wildman–Crippen LogP) is 3.56. The largest absolute Gasteiger partial charge is 0.350 e. The van der Waals surface area contributed by atoms with Gasteiger partial charge < -0.3 is 5.32 Å². The molecule has 4 nitrogen and oxygen atoms in total. The number of benzene rings is 1. The highest BCUT2D eigenvalue weighted by Crippen LogP contribution is 2.62. The average Bonchev–Trinajstić information content (AvgIpc) is 3.19. The normalized spacial score (nSPS) is 43.0. The van der Waals surface area contributed by atoms with E-state index >= 15 is 0 Å². The molecule has 4 bridgehead atoms. The molecule has 1 aromatic rings. The summed E-state index contributed by atoms with van der Waals surface area (Å²) in [5.74, 6) is 1.85. The standard InChI is InChI=1S/C26H37N3O/c1-19-23-8-5-9-28(23)10-11-29(19)17-24(30)27-26-15-20-12-21(16-26)14-25(13-20,18-26)22-6-3-2-4-7-22/h2-4,6-7,19-21,23H,5,8-18H2,1H3,(H,27,30)/t19-,20?,21?,23?,25?,26?/m0/s1. The van der Waals surface area contributed by atoms with Gasteiger partial charge in [0.25, 0.3) is 0 Å². The molecule has 4 saturated carbocycles. The summed E-state index contributed by atoms with van der Waals surface area (Å²) in [4.78, 5) is 18.4. The Morgan fingerprint density at radius 1 is 1.07 bits per heavy atom. The van der Waals surface area contributed by atoms with Gasteiger partial charge in [0.15, 0.2) is 0 Å². The van der Waals surface area contributed by atoms with Gasteiger partial charge in [-0.1, -0.05) is 30.3 Å². The number of fused-ring (bicyclic) bond motifs is 1. The molecule has 30 heavy (non-hydrogen) atoms. The highest BCUT2D eigenvalue weighted by Gasteiger charge is 2.58. The van der Waals surface area contributed by atoms with E-state index in [1.54, 1.807) is 0 Å². The molecule has 6 aliphatic rings. The molecule has 0 aromatic heterocycles. The molecule has 4 heteroatoms. The number of hydrogen-bond acceptors (Lipinski definition) is 3. The molecule has 4 aliphatic carbocycles. The lowest BCUT2D eigenvalue weighted by Crippen LogP contribution is -2.66. The number of carbonyl (C=O) groups excluding carboxylic acids is 1. The number of carbonyl (C=O) groups is 1. The van der Waals surface area contributed by atoms with E-state index in [2.05, 4.69) is 52.4 Å². The Balaban J connectivity index is 1.18. The van der Waals surface area contributed by atoms with Crippen molar-refractivity contribution in [3.63, 3.8) is 0 Å². The van der Waals surface area contributed by atoms with E-state index in [9.17, 15) is 4.79 Å². The Morgan fingerprint density at radius 3 is 2.60 bits per heavy atom. The number of piperazine rings is 1. The fourth-order valence-electron chi connectivity index (χ4n) is 8.66. The first-order valence-electron chi connectivity index (χ1n) is 12.4. The van der Waals surface area contributed by atoms with Crippen molar-refractivity contribution in [2.24, 2.45) is 11.8 Å². The van der Waals surface area contributed by atoms with Gasteiger partial charge in [-0.2, -0.15) is 0 Å². The lowest BCUT2D eigenvalue weighted by Gasteiger charge is -2.62. The fourth-order valence-corrected chi connectivity index (χ4v) is 8.66. The maximum absolute atomic E-state index is 13.3. The molecule has 2 aliphatic heterocycles. The van der Waals surface area contributed by atoms with Crippen molar-refractivity contribution in [3.8, 4) is 0 Å². The van der Waals surface area contributed by atoms with Crippen LogP contribution in [0, 0.1) is 11.8 Å². The van der Waals surface area contributed by atoms with Crippen LogP contribution in [-0.2, 0) is 10.2 Å². The van der Waals surface area contributed by atoms with Crippen molar-refractivity contribution in [3.05, 3.63) is 35.9 Å². The van der Waals surface area contributed by atoms with Crippen LogP contribution in [0.5, 0.6) is 0 Å². The number of nitrogens with zero attached hydrogens (tertiary/aromatic N) is 2. The fraction of sp³-hybridized carbons (Fsp3) is 0.731. The van der Waals surface area contributed by atoms with Gasteiger partial charge in [0, 0.05) is 30.7 Å². The molecule has 2 heterocycles. The Labute approximate surface area is 181 Å².